The molecular weight excluding hydrogens is 254 g/mol. The number of allylic oxidation sites excluding steroid dienone is 1. The van der Waals surface area contributed by atoms with Crippen molar-refractivity contribution in [2.24, 2.45) is 16.8 Å². The van der Waals surface area contributed by atoms with Gasteiger partial charge >= 0.3 is 17.9 Å². The number of esters is 2. The van der Waals surface area contributed by atoms with Crippen LogP contribution in [0.5, 0.6) is 0 Å². The minimum Gasteiger partial charge on any atom is -0.481 e. The van der Waals surface area contributed by atoms with Gasteiger partial charge in [-0.15, -0.1) is 0 Å². The van der Waals surface area contributed by atoms with Crippen LogP contribution < -0.4 is 0 Å². The molecule has 1 aliphatic rings. The first-order valence-electron chi connectivity index (χ1n) is 5.50. The molecule has 1 aliphatic heterocycles. The van der Waals surface area contributed by atoms with Crippen LogP contribution in [0, 0.1) is 11.8 Å². The van der Waals surface area contributed by atoms with E-state index in [0.717, 1.165) is 14.2 Å². The van der Waals surface area contributed by atoms with E-state index in [1.807, 2.05) is 0 Å². The Morgan fingerprint density at radius 1 is 1.11 bits per heavy atom. The Morgan fingerprint density at radius 3 is 2.11 bits per heavy atom. The number of hydrogen-bond acceptors (Lipinski definition) is 6. The largest absolute Gasteiger partial charge is 0.481 e. The van der Waals surface area contributed by atoms with Crippen LogP contribution in [-0.2, 0) is 23.9 Å². The summed E-state index contributed by atoms with van der Waals surface area (Å²) in [6.45, 7) is 3.02. The third-order valence-electron chi connectivity index (χ3n) is 2.95. The smallest absolute Gasteiger partial charge is 0.336 e. The fraction of sp³-hybridized carbons (Fsp3) is 0.500. The number of rotatable bonds is 3. The summed E-state index contributed by atoms with van der Waals surface area (Å²) >= 11 is 0. The predicted octanol–water partition coefficient (Wildman–Crippen LogP) is 0.398. The lowest BCUT2D eigenvalue weighted by molar-refractivity contribution is -0.153. The SMILES string of the molecule is COC(=O)C1=C(C)N=C(C)C(C(=O)OC)[C@@H]1C(=O)O. The van der Waals surface area contributed by atoms with Gasteiger partial charge in [-0.1, -0.05) is 0 Å². The maximum atomic E-state index is 11.7. The van der Waals surface area contributed by atoms with Crippen LogP contribution in [0.25, 0.3) is 0 Å². The highest BCUT2D eigenvalue weighted by Crippen LogP contribution is 2.32. The second-order valence-corrected chi connectivity index (χ2v) is 4.06. The van der Waals surface area contributed by atoms with Gasteiger partial charge < -0.3 is 14.6 Å². The lowest BCUT2D eigenvalue weighted by Gasteiger charge is -2.27. The minimum absolute atomic E-state index is 0.129. The Hall–Kier alpha value is -2.18. The van der Waals surface area contributed by atoms with Crippen molar-refractivity contribution in [1.82, 2.24) is 0 Å². The van der Waals surface area contributed by atoms with E-state index < -0.39 is 29.7 Å². The summed E-state index contributed by atoms with van der Waals surface area (Å²) in [5.74, 6) is -5.33. The van der Waals surface area contributed by atoms with Crippen molar-refractivity contribution in [1.29, 1.82) is 0 Å². The zero-order chi connectivity index (χ0) is 14.7. The highest BCUT2D eigenvalue weighted by Gasteiger charge is 2.45. The maximum Gasteiger partial charge on any atom is 0.336 e. The molecule has 0 radical (unpaired) electrons. The van der Waals surface area contributed by atoms with E-state index in [-0.39, 0.29) is 11.3 Å². The van der Waals surface area contributed by atoms with Crippen LogP contribution in [0.1, 0.15) is 13.8 Å². The van der Waals surface area contributed by atoms with Gasteiger partial charge in [0, 0.05) is 11.4 Å². The summed E-state index contributed by atoms with van der Waals surface area (Å²) < 4.78 is 9.14. The third kappa shape index (κ3) is 2.64. The summed E-state index contributed by atoms with van der Waals surface area (Å²) in [4.78, 5) is 38.9. The van der Waals surface area contributed by atoms with Crippen LogP contribution >= 0.6 is 0 Å². The second-order valence-electron chi connectivity index (χ2n) is 4.06. The maximum absolute atomic E-state index is 11.7. The Morgan fingerprint density at radius 2 is 1.68 bits per heavy atom. The average molecular weight is 269 g/mol. The molecule has 1 rings (SSSR count). The molecule has 0 amide bonds. The zero-order valence-corrected chi connectivity index (χ0v) is 11.1. The normalized spacial score (nSPS) is 22.6. The molecule has 0 saturated heterocycles. The number of methoxy groups -OCH3 is 2. The molecule has 104 valence electrons. The Balaban J connectivity index is 3.41. The first kappa shape index (κ1) is 14.9. The first-order chi connectivity index (χ1) is 8.84. The highest BCUT2D eigenvalue weighted by atomic mass is 16.5. The van der Waals surface area contributed by atoms with E-state index in [0.29, 0.717) is 5.71 Å². The van der Waals surface area contributed by atoms with Gasteiger partial charge in [0.05, 0.1) is 19.8 Å². The standard InChI is InChI=1S/C12H15NO6/c1-5-7(11(16)18-3)9(10(14)15)8(6(2)13-5)12(17)19-4/h7,9H,1-4H3,(H,14,15)/t7?,9-/m0/s1. The van der Waals surface area contributed by atoms with E-state index in [4.69, 9.17) is 0 Å². The van der Waals surface area contributed by atoms with Crippen LogP contribution in [-0.4, -0.2) is 42.9 Å². The van der Waals surface area contributed by atoms with E-state index in [1.54, 1.807) is 0 Å². The number of carboxylic acids is 1. The Bertz CT molecular complexity index is 490. The van der Waals surface area contributed by atoms with E-state index in [2.05, 4.69) is 14.5 Å². The molecule has 0 aromatic heterocycles. The lowest BCUT2D eigenvalue weighted by atomic mass is 9.80. The molecule has 1 N–H and O–H groups in total. The monoisotopic (exact) mass is 269 g/mol. The molecule has 0 bridgehead atoms. The average Bonchev–Trinajstić information content (AvgIpc) is 2.36. The summed E-state index contributed by atoms with van der Waals surface area (Å²) in [7, 11) is 2.29. The molecular formula is C12H15NO6. The topological polar surface area (TPSA) is 102 Å². The number of carbonyl (C=O) groups is 3. The van der Waals surface area contributed by atoms with Gasteiger partial charge in [-0.05, 0) is 13.8 Å². The quantitative estimate of drug-likeness (QED) is 0.744. The van der Waals surface area contributed by atoms with Crippen molar-refractivity contribution in [2.75, 3.05) is 14.2 Å². The van der Waals surface area contributed by atoms with Crippen LogP contribution in [0.3, 0.4) is 0 Å². The molecule has 1 unspecified atom stereocenters. The van der Waals surface area contributed by atoms with Crippen molar-refractivity contribution in [2.45, 2.75) is 13.8 Å². The van der Waals surface area contributed by atoms with Gasteiger partial charge in [-0.2, -0.15) is 0 Å². The fourth-order valence-electron chi connectivity index (χ4n) is 2.11. The summed E-state index contributed by atoms with van der Waals surface area (Å²) in [5.41, 5.74) is 0.400. The van der Waals surface area contributed by atoms with Crippen LogP contribution in [0.4, 0.5) is 0 Å². The molecule has 2 atom stereocenters. The van der Waals surface area contributed by atoms with Crippen molar-refractivity contribution in [3.8, 4) is 0 Å². The molecule has 7 nitrogen and oxygen atoms in total. The molecule has 0 aliphatic carbocycles. The molecule has 0 spiro atoms. The van der Waals surface area contributed by atoms with Crippen molar-refractivity contribution >= 4 is 23.6 Å². The Labute approximate surface area is 109 Å². The van der Waals surface area contributed by atoms with Crippen LogP contribution in [0.2, 0.25) is 0 Å². The van der Waals surface area contributed by atoms with E-state index >= 15 is 0 Å². The molecule has 19 heavy (non-hydrogen) atoms. The van der Waals surface area contributed by atoms with E-state index in [9.17, 15) is 19.5 Å². The summed E-state index contributed by atoms with van der Waals surface area (Å²) in [5, 5.41) is 9.30. The summed E-state index contributed by atoms with van der Waals surface area (Å²) in [6, 6.07) is 0. The third-order valence-corrected chi connectivity index (χ3v) is 2.95. The van der Waals surface area contributed by atoms with Gasteiger partial charge in [0.25, 0.3) is 0 Å². The number of carbonyl (C=O) groups excluding carboxylic acids is 2. The molecule has 0 aromatic carbocycles. The molecule has 0 aromatic rings. The Kier molecular flexibility index (Phi) is 4.42. The molecule has 0 saturated carbocycles. The molecule has 7 heteroatoms. The first-order valence-corrected chi connectivity index (χ1v) is 5.50. The predicted molar refractivity (Wildman–Crippen MR) is 64.5 cm³/mol. The van der Waals surface area contributed by atoms with Crippen molar-refractivity contribution in [3.05, 3.63) is 11.3 Å². The second kappa shape index (κ2) is 5.64. The zero-order valence-electron chi connectivity index (χ0n) is 11.1. The van der Waals surface area contributed by atoms with Gasteiger partial charge in [0.2, 0.25) is 0 Å². The van der Waals surface area contributed by atoms with Crippen LogP contribution in [0.15, 0.2) is 16.3 Å². The van der Waals surface area contributed by atoms with Crippen molar-refractivity contribution < 1.29 is 29.0 Å². The highest BCUT2D eigenvalue weighted by molar-refractivity contribution is 6.10. The number of aliphatic carboxylic acids is 1. The van der Waals surface area contributed by atoms with Crippen molar-refractivity contribution in [3.63, 3.8) is 0 Å². The number of carboxylic acid groups (broad SMARTS) is 1. The molecule has 0 fully saturated rings. The number of aliphatic imine (C=N–C) groups is 1. The molecule has 1 heterocycles. The minimum atomic E-state index is -1.35. The van der Waals surface area contributed by atoms with E-state index in [1.165, 1.54) is 13.8 Å². The number of ether oxygens (including phenoxy) is 2. The van der Waals surface area contributed by atoms with Gasteiger partial charge in [-0.25, -0.2) is 4.79 Å². The van der Waals surface area contributed by atoms with Gasteiger partial charge in [0.1, 0.15) is 11.8 Å². The lowest BCUT2D eigenvalue weighted by Crippen LogP contribution is -2.41. The van der Waals surface area contributed by atoms with Gasteiger partial charge in [0.15, 0.2) is 0 Å². The number of hydrogen-bond donors (Lipinski definition) is 1. The summed E-state index contributed by atoms with van der Waals surface area (Å²) in [6.07, 6.45) is 0. The van der Waals surface area contributed by atoms with Gasteiger partial charge in [-0.3, -0.25) is 14.6 Å². The fourth-order valence-corrected chi connectivity index (χ4v) is 2.11. The number of nitrogens with zero attached hydrogens (tertiary/aromatic N) is 1.